The van der Waals surface area contributed by atoms with Crippen molar-refractivity contribution in [3.05, 3.63) is 64.1 Å². The minimum absolute atomic E-state index is 0.0948. The quantitative estimate of drug-likeness (QED) is 0.669. The number of ether oxygens (including phenoxy) is 1. The molecule has 0 spiro atoms. The van der Waals surface area contributed by atoms with E-state index in [0.29, 0.717) is 18.5 Å². The standard InChI is InChI=1S/C23H28BrN3O3/c1-30-21-9-3-18(4-10-21)17-26-13-2-14-27(16-15-26)22(28)11-12-25-23(29)19-5-7-20(24)8-6-19/h3-10H,2,11-17H2,1H3,(H,25,29). The molecule has 160 valence electrons. The van der Waals surface area contributed by atoms with E-state index < -0.39 is 0 Å². The van der Waals surface area contributed by atoms with E-state index in [1.165, 1.54) is 5.56 Å². The summed E-state index contributed by atoms with van der Waals surface area (Å²) in [6, 6.07) is 15.3. The van der Waals surface area contributed by atoms with Crippen LogP contribution in [0, 0.1) is 0 Å². The van der Waals surface area contributed by atoms with Crippen molar-refractivity contribution in [2.24, 2.45) is 0 Å². The lowest BCUT2D eigenvalue weighted by atomic mass is 10.2. The van der Waals surface area contributed by atoms with Crippen LogP contribution in [0.5, 0.6) is 5.75 Å². The first-order valence-electron chi connectivity index (χ1n) is 10.2. The number of hydrogen-bond acceptors (Lipinski definition) is 4. The summed E-state index contributed by atoms with van der Waals surface area (Å²) in [6.07, 6.45) is 1.27. The number of carbonyl (C=O) groups is 2. The molecule has 1 aliphatic rings. The normalized spacial score (nSPS) is 14.8. The molecule has 30 heavy (non-hydrogen) atoms. The van der Waals surface area contributed by atoms with Crippen LogP contribution in [0.2, 0.25) is 0 Å². The number of nitrogens with one attached hydrogen (secondary N) is 1. The molecule has 2 aromatic rings. The molecule has 0 radical (unpaired) electrons. The van der Waals surface area contributed by atoms with Gasteiger partial charge in [-0.2, -0.15) is 0 Å². The van der Waals surface area contributed by atoms with Gasteiger partial charge in [-0.25, -0.2) is 0 Å². The zero-order valence-electron chi connectivity index (χ0n) is 17.3. The van der Waals surface area contributed by atoms with Crippen LogP contribution in [-0.2, 0) is 11.3 Å². The van der Waals surface area contributed by atoms with Crippen molar-refractivity contribution in [3.63, 3.8) is 0 Å². The highest BCUT2D eigenvalue weighted by atomic mass is 79.9. The van der Waals surface area contributed by atoms with Crippen molar-refractivity contribution in [2.75, 3.05) is 39.8 Å². The van der Waals surface area contributed by atoms with Gasteiger partial charge in [0, 0.05) is 55.7 Å². The van der Waals surface area contributed by atoms with Gasteiger partial charge in [-0.05, 0) is 48.4 Å². The first kappa shape index (κ1) is 22.3. The molecular formula is C23H28BrN3O3. The Balaban J connectivity index is 1.41. The van der Waals surface area contributed by atoms with Gasteiger partial charge in [0.2, 0.25) is 5.91 Å². The average Bonchev–Trinajstić information content (AvgIpc) is 3.00. The highest BCUT2D eigenvalue weighted by molar-refractivity contribution is 9.10. The molecule has 0 saturated carbocycles. The number of rotatable bonds is 7. The molecule has 1 N–H and O–H groups in total. The molecule has 0 aliphatic carbocycles. The number of nitrogens with zero attached hydrogens (tertiary/aromatic N) is 2. The number of halogens is 1. The van der Waals surface area contributed by atoms with Crippen LogP contribution in [0.3, 0.4) is 0 Å². The summed E-state index contributed by atoms with van der Waals surface area (Å²) in [7, 11) is 1.67. The van der Waals surface area contributed by atoms with Gasteiger partial charge in [0.05, 0.1) is 7.11 Å². The van der Waals surface area contributed by atoms with Crippen molar-refractivity contribution in [1.29, 1.82) is 0 Å². The van der Waals surface area contributed by atoms with Crippen molar-refractivity contribution < 1.29 is 14.3 Å². The molecule has 0 unspecified atom stereocenters. The van der Waals surface area contributed by atoms with Crippen molar-refractivity contribution in [1.82, 2.24) is 15.1 Å². The van der Waals surface area contributed by atoms with E-state index in [0.717, 1.165) is 49.4 Å². The summed E-state index contributed by atoms with van der Waals surface area (Å²) in [6.45, 7) is 4.52. The molecule has 1 saturated heterocycles. The fourth-order valence-electron chi connectivity index (χ4n) is 3.51. The highest BCUT2D eigenvalue weighted by Gasteiger charge is 2.19. The van der Waals surface area contributed by atoms with E-state index in [2.05, 4.69) is 38.3 Å². The summed E-state index contributed by atoms with van der Waals surface area (Å²) in [4.78, 5) is 29.0. The van der Waals surface area contributed by atoms with Crippen LogP contribution < -0.4 is 10.1 Å². The smallest absolute Gasteiger partial charge is 0.251 e. The Bertz CT molecular complexity index is 840. The maximum absolute atomic E-state index is 12.6. The van der Waals surface area contributed by atoms with E-state index in [1.807, 2.05) is 29.2 Å². The topological polar surface area (TPSA) is 61.9 Å². The van der Waals surface area contributed by atoms with Gasteiger partial charge >= 0.3 is 0 Å². The fraction of sp³-hybridized carbons (Fsp3) is 0.391. The molecule has 1 aliphatic heterocycles. The number of carbonyl (C=O) groups excluding carboxylic acids is 2. The molecule has 2 amide bonds. The second kappa shape index (κ2) is 11.1. The van der Waals surface area contributed by atoms with Gasteiger partial charge in [-0.1, -0.05) is 28.1 Å². The van der Waals surface area contributed by atoms with E-state index >= 15 is 0 Å². The van der Waals surface area contributed by atoms with Gasteiger partial charge in [0.25, 0.3) is 5.91 Å². The molecule has 0 bridgehead atoms. The number of methoxy groups -OCH3 is 1. The van der Waals surface area contributed by atoms with Crippen LogP contribution in [0.4, 0.5) is 0 Å². The second-order valence-corrected chi connectivity index (χ2v) is 8.29. The Hall–Kier alpha value is -2.38. The SMILES string of the molecule is COc1ccc(CN2CCCN(C(=O)CCNC(=O)c3ccc(Br)cc3)CC2)cc1. The average molecular weight is 474 g/mol. The van der Waals surface area contributed by atoms with Crippen molar-refractivity contribution >= 4 is 27.7 Å². The summed E-state index contributed by atoms with van der Waals surface area (Å²) < 4.78 is 6.14. The van der Waals surface area contributed by atoms with Crippen molar-refractivity contribution in [2.45, 2.75) is 19.4 Å². The summed E-state index contributed by atoms with van der Waals surface area (Å²) in [5.41, 5.74) is 1.83. The lowest BCUT2D eigenvalue weighted by molar-refractivity contribution is -0.130. The van der Waals surface area contributed by atoms with Crippen molar-refractivity contribution in [3.8, 4) is 5.75 Å². The van der Waals surface area contributed by atoms with E-state index in [9.17, 15) is 9.59 Å². The molecular weight excluding hydrogens is 446 g/mol. The molecule has 1 heterocycles. The predicted octanol–water partition coefficient (Wildman–Crippen LogP) is 3.31. The van der Waals surface area contributed by atoms with Crippen LogP contribution >= 0.6 is 15.9 Å². The van der Waals surface area contributed by atoms with E-state index in [1.54, 1.807) is 19.2 Å². The maximum Gasteiger partial charge on any atom is 0.251 e. The Morgan fingerprint density at radius 3 is 2.43 bits per heavy atom. The Morgan fingerprint density at radius 1 is 1.00 bits per heavy atom. The molecule has 6 nitrogen and oxygen atoms in total. The predicted molar refractivity (Wildman–Crippen MR) is 121 cm³/mol. The lowest BCUT2D eigenvalue weighted by Crippen LogP contribution is -2.37. The van der Waals surface area contributed by atoms with Gasteiger partial charge in [0.15, 0.2) is 0 Å². The molecule has 3 rings (SSSR count). The highest BCUT2D eigenvalue weighted by Crippen LogP contribution is 2.15. The third-order valence-electron chi connectivity index (χ3n) is 5.24. The third-order valence-corrected chi connectivity index (χ3v) is 5.77. The minimum Gasteiger partial charge on any atom is -0.497 e. The molecule has 7 heteroatoms. The van der Waals surface area contributed by atoms with E-state index in [-0.39, 0.29) is 11.8 Å². The first-order valence-corrected chi connectivity index (χ1v) is 11.0. The molecule has 2 aromatic carbocycles. The van der Waals surface area contributed by atoms with Crippen LogP contribution in [-0.4, -0.2) is 61.4 Å². The second-order valence-electron chi connectivity index (χ2n) is 7.37. The van der Waals surface area contributed by atoms with Gasteiger partial charge in [-0.3, -0.25) is 14.5 Å². The minimum atomic E-state index is -0.156. The fourth-order valence-corrected chi connectivity index (χ4v) is 3.78. The molecule has 1 fully saturated rings. The lowest BCUT2D eigenvalue weighted by Gasteiger charge is -2.22. The van der Waals surface area contributed by atoms with Crippen LogP contribution in [0.25, 0.3) is 0 Å². The van der Waals surface area contributed by atoms with Crippen LogP contribution in [0.1, 0.15) is 28.8 Å². The molecule has 0 atom stereocenters. The number of amides is 2. The Labute approximate surface area is 186 Å². The molecule has 0 aromatic heterocycles. The first-order chi connectivity index (χ1) is 14.5. The number of benzene rings is 2. The Morgan fingerprint density at radius 2 is 1.73 bits per heavy atom. The van der Waals surface area contributed by atoms with E-state index in [4.69, 9.17) is 4.74 Å². The summed E-state index contributed by atoms with van der Waals surface area (Å²) in [5, 5.41) is 2.83. The maximum atomic E-state index is 12.6. The zero-order valence-corrected chi connectivity index (χ0v) is 18.9. The zero-order chi connectivity index (χ0) is 21.3. The monoisotopic (exact) mass is 473 g/mol. The number of hydrogen-bond donors (Lipinski definition) is 1. The summed E-state index contributed by atoms with van der Waals surface area (Å²) >= 11 is 3.35. The van der Waals surface area contributed by atoms with Crippen LogP contribution in [0.15, 0.2) is 53.0 Å². The third kappa shape index (κ3) is 6.57. The van der Waals surface area contributed by atoms with Gasteiger partial charge in [-0.15, -0.1) is 0 Å². The van der Waals surface area contributed by atoms with Gasteiger partial charge < -0.3 is 15.0 Å². The Kier molecular flexibility index (Phi) is 8.28. The summed E-state index contributed by atoms with van der Waals surface area (Å²) in [5.74, 6) is 0.799. The van der Waals surface area contributed by atoms with Gasteiger partial charge in [0.1, 0.15) is 5.75 Å². The largest absolute Gasteiger partial charge is 0.497 e.